The van der Waals surface area contributed by atoms with E-state index in [4.69, 9.17) is 14.2 Å². The largest absolute Gasteiger partial charge is 0.462 e. The van der Waals surface area contributed by atoms with Crippen molar-refractivity contribution in [1.82, 2.24) is 0 Å². The summed E-state index contributed by atoms with van der Waals surface area (Å²) in [5, 5.41) is 0. The maximum atomic E-state index is 12.9. The van der Waals surface area contributed by atoms with Crippen LogP contribution in [0.3, 0.4) is 0 Å². The van der Waals surface area contributed by atoms with Gasteiger partial charge in [0.2, 0.25) is 0 Å². The van der Waals surface area contributed by atoms with Crippen molar-refractivity contribution in [3.8, 4) is 0 Å². The molecule has 0 aromatic heterocycles. The summed E-state index contributed by atoms with van der Waals surface area (Å²) in [4.78, 5) is 38.3. The van der Waals surface area contributed by atoms with Crippen LogP contribution in [0.4, 0.5) is 0 Å². The number of hydrogen-bond acceptors (Lipinski definition) is 6. The molecule has 0 saturated carbocycles. The maximum absolute atomic E-state index is 12.9. The lowest BCUT2D eigenvalue weighted by Crippen LogP contribution is -2.30. The van der Waals surface area contributed by atoms with Gasteiger partial charge in [0.1, 0.15) is 13.2 Å². The molecule has 0 aliphatic carbocycles. The van der Waals surface area contributed by atoms with Gasteiger partial charge in [-0.05, 0) is 122 Å². The summed E-state index contributed by atoms with van der Waals surface area (Å²) >= 11 is 0. The Labute approximate surface area is 489 Å². The SMILES string of the molecule is CC/C=C\C/C=C\C/C=C\C/C=C\CCCCCCCCCCCCCCCCC(=O)OCC(COC(=O)CCCCC/C=C\C/C=C\C/C=C\CC)OC(=O)CCCCCCCCCCC/C=C\C/C=C\CCCCCCC. The fourth-order valence-corrected chi connectivity index (χ4v) is 9.30. The molecule has 1 atom stereocenters. The zero-order valence-electron chi connectivity index (χ0n) is 51.9. The molecule has 0 rings (SSSR count). The number of unbranched alkanes of at least 4 members (excludes halogenated alkanes) is 31. The zero-order chi connectivity index (χ0) is 57.1. The Bertz CT molecular complexity index is 1590. The third-order valence-corrected chi connectivity index (χ3v) is 14.2. The van der Waals surface area contributed by atoms with Gasteiger partial charge in [-0.15, -0.1) is 0 Å². The predicted octanol–water partition coefficient (Wildman–Crippen LogP) is 23.0. The molecule has 0 N–H and O–H groups in total. The van der Waals surface area contributed by atoms with Crippen molar-refractivity contribution in [3.05, 3.63) is 109 Å². The first-order valence-corrected chi connectivity index (χ1v) is 33.4. The minimum Gasteiger partial charge on any atom is -0.462 e. The number of ether oxygens (including phenoxy) is 3. The van der Waals surface area contributed by atoms with E-state index in [2.05, 4.69) is 130 Å². The summed E-state index contributed by atoms with van der Waals surface area (Å²) in [7, 11) is 0. The van der Waals surface area contributed by atoms with Crippen molar-refractivity contribution in [1.29, 1.82) is 0 Å². The van der Waals surface area contributed by atoms with Gasteiger partial charge in [0.15, 0.2) is 6.10 Å². The molecule has 0 bridgehead atoms. The Balaban J connectivity index is 4.30. The van der Waals surface area contributed by atoms with Crippen LogP contribution in [0.1, 0.15) is 316 Å². The molecule has 0 spiro atoms. The molecule has 0 radical (unpaired) electrons. The van der Waals surface area contributed by atoms with E-state index in [1.807, 2.05) is 0 Å². The van der Waals surface area contributed by atoms with Gasteiger partial charge in [-0.1, -0.05) is 284 Å². The van der Waals surface area contributed by atoms with Gasteiger partial charge < -0.3 is 14.2 Å². The lowest BCUT2D eigenvalue weighted by atomic mass is 10.0. The summed E-state index contributed by atoms with van der Waals surface area (Å²) in [5.74, 6) is -0.915. The third kappa shape index (κ3) is 64.8. The highest BCUT2D eigenvalue weighted by Gasteiger charge is 2.19. The fraction of sp³-hybridized carbons (Fsp3) is 0.712. The molecule has 452 valence electrons. The van der Waals surface area contributed by atoms with Crippen LogP contribution < -0.4 is 0 Å². The molecule has 0 aromatic carbocycles. The second-order valence-corrected chi connectivity index (χ2v) is 22.0. The van der Waals surface area contributed by atoms with E-state index in [-0.39, 0.29) is 31.1 Å². The maximum Gasteiger partial charge on any atom is 0.306 e. The number of esters is 3. The first-order chi connectivity index (χ1) is 39.0. The second-order valence-electron chi connectivity index (χ2n) is 22.0. The lowest BCUT2D eigenvalue weighted by molar-refractivity contribution is -0.167. The smallest absolute Gasteiger partial charge is 0.306 e. The van der Waals surface area contributed by atoms with Crippen LogP contribution in [-0.4, -0.2) is 37.2 Å². The summed E-state index contributed by atoms with van der Waals surface area (Å²) in [6.07, 6.45) is 91.1. The highest BCUT2D eigenvalue weighted by molar-refractivity contribution is 5.71. The van der Waals surface area contributed by atoms with Gasteiger partial charge in [-0.3, -0.25) is 14.4 Å². The van der Waals surface area contributed by atoms with Crippen LogP contribution in [0.5, 0.6) is 0 Å². The summed E-state index contributed by atoms with van der Waals surface area (Å²) in [5.41, 5.74) is 0. The molecule has 0 saturated heterocycles. The van der Waals surface area contributed by atoms with Gasteiger partial charge in [-0.25, -0.2) is 0 Å². The van der Waals surface area contributed by atoms with E-state index in [9.17, 15) is 14.4 Å². The molecule has 0 aliphatic heterocycles. The monoisotopic (exact) mass is 1100 g/mol. The molecule has 0 heterocycles. The lowest BCUT2D eigenvalue weighted by Gasteiger charge is -2.18. The number of carbonyl (C=O) groups is 3. The molecule has 79 heavy (non-hydrogen) atoms. The minimum absolute atomic E-state index is 0.0889. The molecule has 0 amide bonds. The van der Waals surface area contributed by atoms with Crippen molar-refractivity contribution in [2.45, 2.75) is 322 Å². The summed E-state index contributed by atoms with van der Waals surface area (Å²) < 4.78 is 16.9. The van der Waals surface area contributed by atoms with Crippen molar-refractivity contribution >= 4 is 17.9 Å². The predicted molar refractivity (Wildman–Crippen MR) is 343 cm³/mol. The number of rotatable bonds is 60. The number of allylic oxidation sites excluding steroid dienone is 18. The highest BCUT2D eigenvalue weighted by atomic mass is 16.6. The standard InChI is InChI=1S/C73H124O6/c1-4-7-10-13-16-19-22-25-27-29-31-33-34-35-36-37-38-40-41-43-45-48-51-54-57-60-63-66-72(75)78-69-70(68-77-71(74)65-62-59-56-53-50-47-24-21-18-15-12-9-6-3)79-73(76)67-64-61-58-55-52-49-46-44-42-39-32-30-28-26-23-20-17-14-11-8-5-2/h7,9-10,12,16,18-19,21,23,25-27,30-33,47,50,70H,4-6,8,11,13-15,17,20,22,24,28-29,34-46,48-49,51-69H2,1-3H3/b10-7-,12-9-,19-16-,21-18-,26-23-,27-25-,32-30-,33-31-,50-47-. The number of carbonyl (C=O) groups excluding carboxylic acids is 3. The third-order valence-electron chi connectivity index (χ3n) is 14.2. The van der Waals surface area contributed by atoms with E-state index in [1.54, 1.807) is 0 Å². The molecule has 1 unspecified atom stereocenters. The van der Waals surface area contributed by atoms with E-state index in [0.717, 1.165) is 116 Å². The van der Waals surface area contributed by atoms with Gasteiger partial charge in [0.25, 0.3) is 0 Å². The summed E-state index contributed by atoms with van der Waals surface area (Å²) in [6, 6.07) is 0. The molecular formula is C73H124O6. The van der Waals surface area contributed by atoms with Crippen molar-refractivity contribution in [2.75, 3.05) is 13.2 Å². The minimum atomic E-state index is -0.795. The Hall–Kier alpha value is -3.93. The zero-order valence-corrected chi connectivity index (χ0v) is 51.9. The average molecular weight is 1100 g/mol. The van der Waals surface area contributed by atoms with Gasteiger partial charge in [0.05, 0.1) is 0 Å². The van der Waals surface area contributed by atoms with Crippen LogP contribution >= 0.6 is 0 Å². The van der Waals surface area contributed by atoms with Gasteiger partial charge in [0, 0.05) is 19.3 Å². The highest BCUT2D eigenvalue weighted by Crippen LogP contribution is 2.16. The molecule has 0 fully saturated rings. The Morgan fingerprint density at radius 3 is 0.785 bits per heavy atom. The quantitative estimate of drug-likeness (QED) is 0.0261. The molecule has 0 aromatic rings. The average Bonchev–Trinajstić information content (AvgIpc) is 3.45. The summed E-state index contributed by atoms with van der Waals surface area (Å²) in [6.45, 7) is 6.40. The van der Waals surface area contributed by atoms with Crippen molar-refractivity contribution < 1.29 is 28.6 Å². The molecule has 0 aliphatic rings. The molecular weight excluding hydrogens is 973 g/mol. The van der Waals surface area contributed by atoms with Crippen LogP contribution in [0.2, 0.25) is 0 Å². The van der Waals surface area contributed by atoms with E-state index in [0.29, 0.717) is 19.3 Å². The molecule has 6 heteroatoms. The first-order valence-electron chi connectivity index (χ1n) is 33.4. The topological polar surface area (TPSA) is 78.9 Å². The van der Waals surface area contributed by atoms with Crippen LogP contribution in [0, 0.1) is 0 Å². The first kappa shape index (κ1) is 75.1. The fourth-order valence-electron chi connectivity index (χ4n) is 9.30. The van der Waals surface area contributed by atoms with Crippen LogP contribution in [0.15, 0.2) is 109 Å². The van der Waals surface area contributed by atoms with E-state index < -0.39 is 6.10 Å². The Morgan fingerprint density at radius 1 is 0.266 bits per heavy atom. The number of hydrogen-bond donors (Lipinski definition) is 0. The second kappa shape index (κ2) is 66.6. The van der Waals surface area contributed by atoms with E-state index in [1.165, 1.54) is 161 Å². The van der Waals surface area contributed by atoms with E-state index >= 15 is 0 Å². The normalized spacial score (nSPS) is 12.8. The van der Waals surface area contributed by atoms with Crippen molar-refractivity contribution in [3.63, 3.8) is 0 Å². The van der Waals surface area contributed by atoms with Crippen LogP contribution in [-0.2, 0) is 28.6 Å². The van der Waals surface area contributed by atoms with Gasteiger partial charge >= 0.3 is 17.9 Å². The Kier molecular flexibility index (Phi) is 63.3. The van der Waals surface area contributed by atoms with Crippen LogP contribution in [0.25, 0.3) is 0 Å². The molecule has 6 nitrogen and oxygen atoms in total. The Morgan fingerprint density at radius 2 is 0.494 bits per heavy atom. The van der Waals surface area contributed by atoms with Crippen molar-refractivity contribution in [2.24, 2.45) is 0 Å². The van der Waals surface area contributed by atoms with Gasteiger partial charge in [-0.2, -0.15) is 0 Å².